The van der Waals surface area contributed by atoms with Crippen molar-refractivity contribution in [3.05, 3.63) is 128 Å². The predicted octanol–water partition coefficient (Wildman–Crippen LogP) is 4.14. The molecule has 0 saturated heterocycles. The summed E-state index contributed by atoms with van der Waals surface area (Å²) in [5.41, 5.74) is 0.662. The summed E-state index contributed by atoms with van der Waals surface area (Å²) in [6.45, 7) is 0. The summed E-state index contributed by atoms with van der Waals surface area (Å²) in [5, 5.41) is 10.3. The monoisotopic (exact) mass is 496 g/mol. The Morgan fingerprint density at radius 3 is 1.43 bits per heavy atom. The molecule has 1 heterocycles. The first-order valence-electron chi connectivity index (χ1n) is 9.89. The number of rotatable bonds is 3. The molecule has 0 unspecified atom stereocenters. The Kier molecular flexibility index (Phi) is 6.78. The number of pyridine rings is 1. The maximum absolute atomic E-state index is 9.31. The zero-order valence-electron chi connectivity index (χ0n) is 16.5. The van der Waals surface area contributed by atoms with Gasteiger partial charge in [-0.15, -0.1) is 0 Å². The summed E-state index contributed by atoms with van der Waals surface area (Å²) < 4.78 is 4.59. The third-order valence-electron chi connectivity index (χ3n) is 4.80. The van der Waals surface area contributed by atoms with Crippen LogP contribution in [0.1, 0.15) is 0 Å². The number of benzene rings is 4. The van der Waals surface area contributed by atoms with Crippen LogP contribution in [0.15, 0.2) is 128 Å². The van der Waals surface area contributed by atoms with Crippen LogP contribution < -0.4 is 10.7 Å². The van der Waals surface area contributed by atoms with Gasteiger partial charge in [-0.2, -0.15) is 0 Å². The fourth-order valence-corrected chi connectivity index (χ4v) is 10.8. The quantitative estimate of drug-likeness (QED) is 0.382. The third kappa shape index (κ3) is 4.89. The molecule has 0 fully saturated rings. The number of hydrogen-bond acceptors (Lipinski definition) is 2. The van der Waals surface area contributed by atoms with E-state index >= 15 is 0 Å². The molecule has 1 radical (unpaired) electrons. The first-order valence-corrected chi connectivity index (χ1v) is 14.2. The number of phenols is 1. The minimum atomic E-state index is -1.98. The van der Waals surface area contributed by atoms with Crippen LogP contribution in [0, 0.1) is 0 Å². The first kappa shape index (κ1) is 20.2. The zero-order valence-corrected chi connectivity index (χ0v) is 19.4. The van der Waals surface area contributed by atoms with Gasteiger partial charge >= 0.3 is 121 Å². The molecular weight excluding hydrogens is 473 g/mol. The van der Waals surface area contributed by atoms with E-state index in [2.05, 4.69) is 96.0 Å². The van der Waals surface area contributed by atoms with Gasteiger partial charge in [-0.25, -0.2) is 0 Å². The van der Waals surface area contributed by atoms with Crippen LogP contribution in [0.5, 0.6) is 5.75 Å². The molecule has 5 aromatic rings. The Balaban J connectivity index is 0.000000168. The van der Waals surface area contributed by atoms with Gasteiger partial charge in [-0.05, 0) is 12.1 Å². The molecule has 3 heteroatoms. The van der Waals surface area contributed by atoms with Gasteiger partial charge < -0.3 is 5.11 Å². The van der Waals surface area contributed by atoms with Gasteiger partial charge in [0, 0.05) is 11.6 Å². The molecule has 2 nitrogen and oxygen atoms in total. The molecule has 145 valence electrons. The second-order valence-electron chi connectivity index (χ2n) is 6.83. The normalized spacial score (nSPS) is 10.4. The number of aromatic nitrogens is 1. The van der Waals surface area contributed by atoms with E-state index in [1.54, 1.807) is 18.3 Å². The molecule has 0 spiro atoms. The molecule has 0 aliphatic carbocycles. The van der Waals surface area contributed by atoms with Gasteiger partial charge in [0.2, 0.25) is 0 Å². The average molecular weight is 495 g/mol. The molecule has 5 rings (SSSR count). The van der Waals surface area contributed by atoms with Gasteiger partial charge in [0.1, 0.15) is 11.3 Å². The van der Waals surface area contributed by atoms with Gasteiger partial charge in [-0.3, -0.25) is 4.98 Å². The standard InChI is InChI=1S/C9H7NO.3C6H5.Sn/c11-8-5-1-3-7-4-2-6-10-9(7)8;3*1-2-4-6-5-3-1;/h1-6,11H;3*1-5H;. The number of nitrogens with zero attached hydrogens (tertiary/aromatic N) is 1. The Morgan fingerprint density at radius 2 is 0.967 bits per heavy atom. The Hall–Kier alpha value is -3.11. The molecule has 4 aromatic carbocycles. The van der Waals surface area contributed by atoms with E-state index in [9.17, 15) is 5.11 Å². The van der Waals surface area contributed by atoms with E-state index in [1.807, 2.05) is 18.2 Å². The van der Waals surface area contributed by atoms with Crippen molar-refractivity contribution in [1.82, 2.24) is 4.98 Å². The fraction of sp³-hybridized carbons (Fsp3) is 0. The van der Waals surface area contributed by atoms with Crippen LogP contribution in [0.3, 0.4) is 0 Å². The fourth-order valence-electron chi connectivity index (χ4n) is 3.40. The van der Waals surface area contributed by atoms with Crippen LogP contribution in [-0.2, 0) is 0 Å². The molecule has 1 aromatic heterocycles. The number of phenolic OH excluding ortho intramolecular Hbond substituents is 1. The Morgan fingerprint density at radius 1 is 0.500 bits per heavy atom. The molecule has 1 N–H and O–H groups in total. The van der Waals surface area contributed by atoms with Gasteiger partial charge in [-0.1, -0.05) is 18.2 Å². The zero-order chi connectivity index (χ0) is 20.6. The molecule has 0 atom stereocenters. The van der Waals surface area contributed by atoms with Crippen LogP contribution in [0.25, 0.3) is 10.9 Å². The molecular formula is C27H22NOSn. The molecule has 0 aliphatic rings. The summed E-state index contributed by atoms with van der Waals surface area (Å²) in [6.07, 6.45) is 1.67. The van der Waals surface area contributed by atoms with Gasteiger partial charge in [0.05, 0.1) is 0 Å². The summed E-state index contributed by atoms with van der Waals surface area (Å²) in [4.78, 5) is 4.03. The number of aromatic hydroxyl groups is 1. The number of fused-ring (bicyclic) bond motifs is 1. The van der Waals surface area contributed by atoms with Crippen molar-refractivity contribution in [2.24, 2.45) is 0 Å². The van der Waals surface area contributed by atoms with E-state index in [0.29, 0.717) is 5.52 Å². The third-order valence-corrected chi connectivity index (χ3v) is 12.6. The molecule has 0 saturated carbocycles. The van der Waals surface area contributed by atoms with Gasteiger partial charge in [0.25, 0.3) is 0 Å². The number of hydrogen-bond donors (Lipinski definition) is 1. The molecule has 0 bridgehead atoms. The van der Waals surface area contributed by atoms with Crippen molar-refractivity contribution in [1.29, 1.82) is 0 Å². The van der Waals surface area contributed by atoms with Crippen molar-refractivity contribution < 1.29 is 5.11 Å². The summed E-state index contributed by atoms with van der Waals surface area (Å²) >= 11 is -1.98. The van der Waals surface area contributed by atoms with Crippen LogP contribution >= 0.6 is 0 Å². The van der Waals surface area contributed by atoms with E-state index < -0.39 is 19.8 Å². The van der Waals surface area contributed by atoms with Crippen molar-refractivity contribution in [3.63, 3.8) is 0 Å². The Bertz CT molecular complexity index is 1100. The summed E-state index contributed by atoms with van der Waals surface area (Å²) in [7, 11) is 0. The van der Waals surface area contributed by atoms with Gasteiger partial charge in [0.15, 0.2) is 0 Å². The summed E-state index contributed by atoms with van der Waals surface area (Å²) in [5.74, 6) is 0.239. The van der Waals surface area contributed by atoms with Crippen LogP contribution in [-0.4, -0.2) is 29.9 Å². The Labute approximate surface area is 184 Å². The van der Waals surface area contributed by atoms with Crippen molar-refractivity contribution >= 4 is 41.4 Å². The molecule has 0 amide bonds. The van der Waals surface area contributed by atoms with Crippen molar-refractivity contribution in [2.45, 2.75) is 0 Å². The average Bonchev–Trinajstić information content (AvgIpc) is 2.82. The second kappa shape index (κ2) is 10.1. The van der Waals surface area contributed by atoms with Crippen LogP contribution in [0.4, 0.5) is 0 Å². The SMILES string of the molecule is Oc1cccc2cccnc12.c1cc[c]([Sn]([c]2ccccc2)[c]2ccccc2)cc1. The summed E-state index contributed by atoms with van der Waals surface area (Å²) in [6, 6.07) is 42.1. The molecule has 0 aliphatic heterocycles. The van der Waals surface area contributed by atoms with E-state index in [4.69, 9.17) is 0 Å². The topological polar surface area (TPSA) is 33.1 Å². The minimum absolute atomic E-state index is 0.239. The van der Waals surface area contributed by atoms with Crippen molar-refractivity contribution in [3.8, 4) is 5.75 Å². The predicted molar refractivity (Wildman–Crippen MR) is 127 cm³/mol. The van der Waals surface area contributed by atoms with E-state index in [0.717, 1.165) is 5.39 Å². The maximum atomic E-state index is 9.31. The second-order valence-corrected chi connectivity index (χ2v) is 13.9. The van der Waals surface area contributed by atoms with E-state index in [-0.39, 0.29) is 5.75 Å². The van der Waals surface area contributed by atoms with Crippen LogP contribution in [0.2, 0.25) is 0 Å². The number of para-hydroxylation sites is 1. The van der Waals surface area contributed by atoms with Crippen molar-refractivity contribution in [2.75, 3.05) is 0 Å². The van der Waals surface area contributed by atoms with E-state index in [1.165, 1.54) is 10.7 Å². The molecule has 30 heavy (non-hydrogen) atoms. The first-order chi connectivity index (χ1) is 14.8.